The Morgan fingerprint density at radius 1 is 1.12 bits per heavy atom. The molecule has 0 aliphatic carbocycles. The Morgan fingerprint density at radius 3 is 2.28 bits per heavy atom. The average Bonchev–Trinajstić information content (AvgIpc) is 2.55. The molecule has 5 nitrogen and oxygen atoms in total. The van der Waals surface area contributed by atoms with Gasteiger partial charge < -0.3 is 5.32 Å². The van der Waals surface area contributed by atoms with Gasteiger partial charge in [-0.1, -0.05) is 25.1 Å². The van der Waals surface area contributed by atoms with Gasteiger partial charge >= 0.3 is 0 Å². The summed E-state index contributed by atoms with van der Waals surface area (Å²) < 4.78 is 51.7. The van der Waals surface area contributed by atoms with E-state index in [2.05, 4.69) is 5.32 Å². The zero-order chi connectivity index (χ0) is 18.6. The first-order chi connectivity index (χ1) is 11.7. The molecule has 0 aliphatic rings. The zero-order valence-electron chi connectivity index (χ0n) is 13.7. The number of benzene rings is 2. The molecule has 0 spiro atoms. The van der Waals surface area contributed by atoms with Gasteiger partial charge in [0.25, 0.3) is 0 Å². The van der Waals surface area contributed by atoms with Gasteiger partial charge in [0.1, 0.15) is 6.04 Å². The van der Waals surface area contributed by atoms with Crippen molar-refractivity contribution in [2.75, 3.05) is 15.9 Å². The van der Waals surface area contributed by atoms with Crippen molar-refractivity contribution in [3.63, 3.8) is 0 Å². The average molecular weight is 368 g/mol. The zero-order valence-corrected chi connectivity index (χ0v) is 14.6. The molecule has 2 rings (SSSR count). The number of anilines is 2. The van der Waals surface area contributed by atoms with Gasteiger partial charge in [0.2, 0.25) is 15.9 Å². The van der Waals surface area contributed by atoms with Crippen LogP contribution in [0.4, 0.5) is 20.2 Å². The van der Waals surface area contributed by atoms with Crippen LogP contribution < -0.4 is 9.62 Å². The Labute approximate surface area is 145 Å². The lowest BCUT2D eigenvalue weighted by Crippen LogP contribution is -2.47. The molecule has 0 bridgehead atoms. The number of para-hydroxylation sites is 1. The van der Waals surface area contributed by atoms with Crippen molar-refractivity contribution < 1.29 is 22.0 Å². The van der Waals surface area contributed by atoms with E-state index in [4.69, 9.17) is 0 Å². The summed E-state index contributed by atoms with van der Waals surface area (Å²) in [5.41, 5.74) is 0.390. The molecule has 8 heteroatoms. The van der Waals surface area contributed by atoms with E-state index in [0.29, 0.717) is 5.69 Å². The number of sulfonamides is 1. The molecule has 0 aliphatic heterocycles. The third kappa shape index (κ3) is 4.54. The number of hydrogen-bond acceptors (Lipinski definition) is 3. The molecule has 2 aromatic rings. The van der Waals surface area contributed by atoms with Crippen LogP contribution in [0.2, 0.25) is 0 Å². The summed E-state index contributed by atoms with van der Waals surface area (Å²) in [6.07, 6.45) is 1.20. The maximum atomic E-state index is 13.3. The lowest BCUT2D eigenvalue weighted by atomic mass is 10.2. The van der Waals surface area contributed by atoms with E-state index in [-0.39, 0.29) is 12.1 Å². The van der Waals surface area contributed by atoms with Crippen LogP contribution in [-0.4, -0.2) is 26.6 Å². The Morgan fingerprint density at radius 2 is 1.76 bits per heavy atom. The van der Waals surface area contributed by atoms with Crippen LogP contribution >= 0.6 is 0 Å². The number of rotatable bonds is 6. The van der Waals surface area contributed by atoms with Gasteiger partial charge in [-0.15, -0.1) is 0 Å². The van der Waals surface area contributed by atoms with Crippen LogP contribution in [0.1, 0.15) is 13.3 Å². The second-order valence-electron chi connectivity index (χ2n) is 5.44. The summed E-state index contributed by atoms with van der Waals surface area (Å²) in [5, 5.41) is 2.43. The van der Waals surface area contributed by atoms with E-state index in [1.807, 2.05) is 0 Å². The highest BCUT2D eigenvalue weighted by Crippen LogP contribution is 2.23. The van der Waals surface area contributed by atoms with Crippen molar-refractivity contribution in [2.45, 2.75) is 19.4 Å². The van der Waals surface area contributed by atoms with Crippen molar-refractivity contribution in [3.05, 3.63) is 60.2 Å². The summed E-state index contributed by atoms with van der Waals surface area (Å²) in [5.74, 6) is -2.77. The fraction of sp³-hybridized carbons (Fsp3) is 0.235. The Kier molecular flexibility index (Phi) is 5.73. The summed E-state index contributed by atoms with van der Waals surface area (Å²) >= 11 is 0. The molecule has 1 atom stereocenters. The van der Waals surface area contributed by atoms with Gasteiger partial charge in [-0.25, -0.2) is 17.2 Å². The molecule has 134 valence electrons. The molecule has 1 N–H and O–H groups in total. The number of nitrogens with one attached hydrogen (secondary N) is 1. The minimum absolute atomic E-state index is 0.0452. The molecule has 0 aromatic heterocycles. The van der Waals surface area contributed by atoms with Crippen molar-refractivity contribution in [3.8, 4) is 0 Å². The first-order valence-electron chi connectivity index (χ1n) is 7.54. The summed E-state index contributed by atoms with van der Waals surface area (Å²) in [6.45, 7) is 1.66. The number of nitrogens with zero attached hydrogens (tertiary/aromatic N) is 1. The highest BCUT2D eigenvalue weighted by atomic mass is 32.2. The maximum Gasteiger partial charge on any atom is 0.248 e. The van der Waals surface area contributed by atoms with Crippen LogP contribution in [0.5, 0.6) is 0 Å². The number of halogens is 2. The summed E-state index contributed by atoms with van der Waals surface area (Å²) in [4.78, 5) is 12.6. The van der Waals surface area contributed by atoms with Crippen molar-refractivity contribution in [1.82, 2.24) is 0 Å². The molecule has 2 aromatic carbocycles. The van der Waals surface area contributed by atoms with Crippen molar-refractivity contribution in [2.24, 2.45) is 0 Å². The molecule has 0 heterocycles. The van der Waals surface area contributed by atoms with E-state index < -0.39 is 33.6 Å². The van der Waals surface area contributed by atoms with Gasteiger partial charge in [0.15, 0.2) is 11.6 Å². The van der Waals surface area contributed by atoms with Crippen LogP contribution in [0.15, 0.2) is 48.5 Å². The maximum absolute atomic E-state index is 13.3. The standard InChI is InChI=1S/C17H18F2N2O3S/c1-3-16(17(22)20-12-9-10-14(18)15(19)11-12)21(25(2,23)24)13-7-5-4-6-8-13/h4-11,16H,3H2,1-2H3,(H,20,22). The van der Waals surface area contributed by atoms with Crippen LogP contribution in [0.25, 0.3) is 0 Å². The monoisotopic (exact) mass is 368 g/mol. The highest BCUT2D eigenvalue weighted by Gasteiger charge is 2.31. The number of hydrogen-bond donors (Lipinski definition) is 1. The second kappa shape index (κ2) is 7.60. The molecule has 1 amide bonds. The normalized spacial score (nSPS) is 12.5. The smallest absolute Gasteiger partial charge is 0.248 e. The fourth-order valence-corrected chi connectivity index (χ4v) is 3.65. The van der Waals surface area contributed by atoms with Gasteiger partial charge in [-0.2, -0.15) is 0 Å². The lowest BCUT2D eigenvalue weighted by Gasteiger charge is -2.30. The molecular formula is C17H18F2N2O3S. The van der Waals surface area contributed by atoms with Gasteiger partial charge in [0, 0.05) is 11.8 Å². The third-order valence-electron chi connectivity index (χ3n) is 3.53. The molecule has 0 saturated heterocycles. The van der Waals surface area contributed by atoms with Crippen LogP contribution in [-0.2, 0) is 14.8 Å². The first kappa shape index (κ1) is 18.9. The van der Waals surface area contributed by atoms with Crippen LogP contribution in [0, 0.1) is 11.6 Å². The largest absolute Gasteiger partial charge is 0.324 e. The SMILES string of the molecule is CCC(C(=O)Nc1ccc(F)c(F)c1)N(c1ccccc1)S(C)(=O)=O. The van der Waals surface area contributed by atoms with E-state index in [0.717, 1.165) is 22.7 Å². The van der Waals surface area contributed by atoms with Crippen LogP contribution in [0.3, 0.4) is 0 Å². The second-order valence-corrected chi connectivity index (χ2v) is 7.30. The van der Waals surface area contributed by atoms with Gasteiger partial charge in [-0.05, 0) is 30.7 Å². The van der Waals surface area contributed by atoms with Crippen molar-refractivity contribution in [1.29, 1.82) is 0 Å². The molecular weight excluding hydrogens is 350 g/mol. The highest BCUT2D eigenvalue weighted by molar-refractivity contribution is 7.92. The Hall–Kier alpha value is -2.48. The molecule has 0 saturated carbocycles. The number of amides is 1. The molecule has 0 radical (unpaired) electrons. The predicted octanol–water partition coefficient (Wildman–Crippen LogP) is 3.15. The van der Waals surface area contributed by atoms with Gasteiger partial charge in [0.05, 0.1) is 11.9 Å². The Bertz CT molecular complexity index is 857. The van der Waals surface area contributed by atoms with E-state index >= 15 is 0 Å². The number of carbonyl (C=O) groups is 1. The predicted molar refractivity (Wildman–Crippen MR) is 92.8 cm³/mol. The quantitative estimate of drug-likeness (QED) is 0.852. The number of carbonyl (C=O) groups excluding carboxylic acids is 1. The minimum atomic E-state index is -3.74. The van der Waals surface area contributed by atoms with Gasteiger partial charge in [-0.3, -0.25) is 9.10 Å². The van der Waals surface area contributed by atoms with E-state index in [1.165, 1.54) is 6.07 Å². The van der Waals surface area contributed by atoms with E-state index in [1.54, 1.807) is 37.3 Å². The van der Waals surface area contributed by atoms with Crippen molar-refractivity contribution >= 4 is 27.3 Å². The Balaban J connectivity index is 2.34. The minimum Gasteiger partial charge on any atom is -0.324 e. The first-order valence-corrected chi connectivity index (χ1v) is 9.39. The third-order valence-corrected chi connectivity index (χ3v) is 4.71. The molecule has 25 heavy (non-hydrogen) atoms. The summed E-state index contributed by atoms with van der Waals surface area (Å²) in [6, 6.07) is 10.1. The molecule has 1 unspecified atom stereocenters. The van der Waals surface area contributed by atoms with E-state index in [9.17, 15) is 22.0 Å². The topological polar surface area (TPSA) is 66.5 Å². The summed E-state index contributed by atoms with van der Waals surface area (Å²) in [7, 11) is -3.74. The fourth-order valence-electron chi connectivity index (χ4n) is 2.43. The molecule has 0 fully saturated rings. The lowest BCUT2D eigenvalue weighted by molar-refractivity contribution is -0.117.